The Labute approximate surface area is 152 Å². The fourth-order valence-electron chi connectivity index (χ4n) is 2.64. The van der Waals surface area contributed by atoms with Crippen molar-refractivity contribution < 1.29 is 22.7 Å². The topological polar surface area (TPSA) is 48.3 Å². The second kappa shape index (κ2) is 7.49. The molecule has 0 aliphatic heterocycles. The van der Waals surface area contributed by atoms with Crippen molar-refractivity contribution in [3.8, 4) is 11.4 Å². The third-order valence-electron chi connectivity index (χ3n) is 3.95. The lowest BCUT2D eigenvalue weighted by atomic mass is 10.2. The van der Waals surface area contributed by atoms with Crippen molar-refractivity contribution in [2.75, 3.05) is 0 Å². The van der Waals surface area contributed by atoms with Gasteiger partial charge < -0.3 is 4.74 Å². The van der Waals surface area contributed by atoms with E-state index in [1.807, 2.05) is 0 Å². The number of rotatable bonds is 5. The maximum atomic E-state index is 14.1. The summed E-state index contributed by atoms with van der Waals surface area (Å²) in [5, 5.41) is 0. The van der Waals surface area contributed by atoms with Crippen LogP contribution in [-0.2, 0) is 6.61 Å². The summed E-state index contributed by atoms with van der Waals surface area (Å²) in [6.45, 7) is 1.36. The van der Waals surface area contributed by atoms with Gasteiger partial charge in [0.1, 0.15) is 36.1 Å². The summed E-state index contributed by atoms with van der Waals surface area (Å²) >= 11 is 0. The first-order chi connectivity index (χ1) is 12.9. The van der Waals surface area contributed by atoms with Gasteiger partial charge in [-0.1, -0.05) is 0 Å². The van der Waals surface area contributed by atoms with Crippen molar-refractivity contribution in [1.29, 1.82) is 0 Å². The predicted molar refractivity (Wildman–Crippen MR) is 92.8 cm³/mol. The van der Waals surface area contributed by atoms with Crippen LogP contribution < -0.4 is 10.3 Å². The monoisotopic (exact) mass is 373 g/mol. The van der Waals surface area contributed by atoms with Crippen LogP contribution >= 0.6 is 0 Å². The lowest BCUT2D eigenvalue weighted by Crippen LogP contribution is -2.21. The van der Waals surface area contributed by atoms with Crippen molar-refractivity contribution in [1.82, 2.24) is 4.57 Å². The first-order valence-corrected chi connectivity index (χ1v) is 7.94. The average Bonchev–Trinajstić information content (AvgIpc) is 2.62. The SMILES string of the molecule is Cc1cc(OCc2ccc(F)cc2F)cc(=O)n1-c1cc(C=O)ccc1F. The van der Waals surface area contributed by atoms with Crippen LogP contribution in [0, 0.1) is 24.4 Å². The van der Waals surface area contributed by atoms with E-state index in [9.17, 15) is 22.8 Å². The van der Waals surface area contributed by atoms with E-state index in [0.29, 0.717) is 12.0 Å². The minimum absolute atomic E-state index is 0.0572. The van der Waals surface area contributed by atoms with Crippen LogP contribution in [0.15, 0.2) is 53.3 Å². The number of ether oxygens (including phenoxy) is 1. The van der Waals surface area contributed by atoms with E-state index in [1.54, 1.807) is 6.92 Å². The van der Waals surface area contributed by atoms with Gasteiger partial charge in [0.05, 0.1) is 5.69 Å². The largest absolute Gasteiger partial charge is 0.489 e. The Balaban J connectivity index is 1.91. The molecule has 2 aromatic carbocycles. The molecule has 0 saturated heterocycles. The molecular formula is C20H14F3NO3. The molecule has 0 aliphatic rings. The smallest absolute Gasteiger partial charge is 0.259 e. The fraction of sp³-hybridized carbons (Fsp3) is 0.100. The fourth-order valence-corrected chi connectivity index (χ4v) is 2.64. The lowest BCUT2D eigenvalue weighted by molar-refractivity contribution is 0.112. The van der Waals surface area contributed by atoms with Crippen LogP contribution in [0.25, 0.3) is 5.69 Å². The maximum absolute atomic E-state index is 14.1. The van der Waals surface area contributed by atoms with E-state index in [4.69, 9.17) is 4.74 Å². The second-order valence-electron chi connectivity index (χ2n) is 5.86. The second-order valence-corrected chi connectivity index (χ2v) is 5.86. The summed E-state index contributed by atoms with van der Waals surface area (Å²) in [6, 6.07) is 9.38. The van der Waals surface area contributed by atoms with Gasteiger partial charge in [-0.15, -0.1) is 0 Å². The highest BCUT2D eigenvalue weighted by atomic mass is 19.1. The van der Waals surface area contributed by atoms with Gasteiger partial charge in [-0.2, -0.15) is 0 Å². The number of benzene rings is 2. The average molecular weight is 373 g/mol. The highest BCUT2D eigenvalue weighted by molar-refractivity contribution is 5.76. The van der Waals surface area contributed by atoms with Crippen molar-refractivity contribution in [2.24, 2.45) is 0 Å². The zero-order chi connectivity index (χ0) is 19.6. The molecule has 0 bridgehead atoms. The number of halogens is 3. The zero-order valence-corrected chi connectivity index (χ0v) is 14.2. The van der Waals surface area contributed by atoms with Gasteiger partial charge in [0.15, 0.2) is 0 Å². The zero-order valence-electron chi connectivity index (χ0n) is 14.2. The Kier molecular flexibility index (Phi) is 5.12. The summed E-state index contributed by atoms with van der Waals surface area (Å²) in [7, 11) is 0. The van der Waals surface area contributed by atoms with Gasteiger partial charge in [0.2, 0.25) is 0 Å². The molecule has 0 amide bonds. The summed E-state index contributed by atoms with van der Waals surface area (Å²) in [5.41, 5.74) is 0.0801. The first kappa shape index (κ1) is 18.4. The van der Waals surface area contributed by atoms with Gasteiger partial charge >= 0.3 is 0 Å². The number of hydrogen-bond acceptors (Lipinski definition) is 3. The molecule has 1 heterocycles. The number of aryl methyl sites for hydroxylation is 1. The van der Waals surface area contributed by atoms with Crippen molar-refractivity contribution in [3.05, 3.63) is 93.2 Å². The van der Waals surface area contributed by atoms with E-state index >= 15 is 0 Å². The molecule has 0 saturated carbocycles. The molecule has 4 nitrogen and oxygen atoms in total. The number of aromatic nitrogens is 1. The van der Waals surface area contributed by atoms with Crippen LogP contribution in [0.3, 0.4) is 0 Å². The molecule has 0 atom stereocenters. The van der Waals surface area contributed by atoms with Gasteiger partial charge in [-0.25, -0.2) is 13.2 Å². The Morgan fingerprint density at radius 3 is 2.44 bits per heavy atom. The third kappa shape index (κ3) is 3.92. The predicted octanol–water partition coefficient (Wildman–Crippen LogP) is 3.95. The van der Waals surface area contributed by atoms with E-state index in [1.165, 1.54) is 24.3 Å². The van der Waals surface area contributed by atoms with Gasteiger partial charge in [0.25, 0.3) is 5.56 Å². The number of carbonyl (C=O) groups is 1. The molecule has 0 N–H and O–H groups in total. The van der Waals surface area contributed by atoms with Gasteiger partial charge in [0, 0.05) is 35.0 Å². The molecule has 0 spiro atoms. The number of hydrogen-bond donors (Lipinski definition) is 0. The van der Waals surface area contributed by atoms with Crippen molar-refractivity contribution in [2.45, 2.75) is 13.5 Å². The van der Waals surface area contributed by atoms with Crippen molar-refractivity contribution >= 4 is 6.29 Å². The molecule has 3 aromatic rings. The van der Waals surface area contributed by atoms with E-state index in [2.05, 4.69) is 0 Å². The molecule has 0 fully saturated rings. The third-order valence-corrected chi connectivity index (χ3v) is 3.95. The maximum Gasteiger partial charge on any atom is 0.259 e. The summed E-state index contributed by atoms with van der Waals surface area (Å²) in [6.07, 6.45) is 0.554. The molecule has 138 valence electrons. The Morgan fingerprint density at radius 1 is 1.00 bits per heavy atom. The van der Waals surface area contributed by atoms with Crippen LogP contribution in [0.5, 0.6) is 5.75 Å². The number of carbonyl (C=O) groups excluding carboxylic acids is 1. The van der Waals surface area contributed by atoms with E-state index in [0.717, 1.165) is 28.8 Å². The molecule has 3 rings (SSSR count). The Bertz CT molecular complexity index is 1080. The summed E-state index contributed by atoms with van der Waals surface area (Å²) in [5.74, 6) is -1.96. The Morgan fingerprint density at radius 2 is 1.78 bits per heavy atom. The molecule has 0 radical (unpaired) electrons. The van der Waals surface area contributed by atoms with Crippen LogP contribution in [0.2, 0.25) is 0 Å². The molecular weight excluding hydrogens is 359 g/mol. The summed E-state index contributed by atoms with van der Waals surface area (Å²) < 4.78 is 47.2. The highest BCUT2D eigenvalue weighted by Crippen LogP contribution is 2.19. The minimum Gasteiger partial charge on any atom is -0.489 e. The van der Waals surface area contributed by atoms with Crippen LogP contribution in [-0.4, -0.2) is 10.9 Å². The standard InChI is InChI=1S/C20H14F3NO3/c1-12-6-16(27-11-14-3-4-15(21)8-18(14)23)9-20(26)24(12)19-7-13(10-25)2-5-17(19)22/h2-10H,11H2,1H3. The lowest BCUT2D eigenvalue weighted by Gasteiger charge is -2.14. The summed E-state index contributed by atoms with van der Waals surface area (Å²) in [4.78, 5) is 23.4. The van der Waals surface area contributed by atoms with E-state index in [-0.39, 0.29) is 29.2 Å². The normalized spacial score (nSPS) is 10.7. The van der Waals surface area contributed by atoms with Gasteiger partial charge in [-0.3, -0.25) is 14.2 Å². The Hall–Kier alpha value is -3.35. The number of pyridine rings is 1. The van der Waals surface area contributed by atoms with Crippen LogP contribution in [0.1, 0.15) is 21.6 Å². The minimum atomic E-state index is -0.757. The van der Waals surface area contributed by atoms with E-state index < -0.39 is 23.0 Å². The van der Waals surface area contributed by atoms with Crippen LogP contribution in [0.4, 0.5) is 13.2 Å². The molecule has 7 heteroatoms. The number of aldehydes is 1. The van der Waals surface area contributed by atoms with Crippen molar-refractivity contribution in [3.63, 3.8) is 0 Å². The molecule has 0 unspecified atom stereocenters. The molecule has 0 aliphatic carbocycles. The quantitative estimate of drug-likeness (QED) is 0.636. The molecule has 1 aromatic heterocycles. The first-order valence-electron chi connectivity index (χ1n) is 7.94. The highest BCUT2D eigenvalue weighted by Gasteiger charge is 2.12. The number of nitrogens with zero attached hydrogens (tertiary/aromatic N) is 1. The molecule has 27 heavy (non-hydrogen) atoms. The van der Waals surface area contributed by atoms with Gasteiger partial charge in [-0.05, 0) is 37.3 Å².